The molecule has 0 spiro atoms. The van der Waals surface area contributed by atoms with E-state index in [1.54, 1.807) is 24.1 Å². The number of amides is 2. The van der Waals surface area contributed by atoms with Crippen LogP contribution in [0.4, 0.5) is 5.69 Å². The monoisotopic (exact) mass is 457 g/mol. The van der Waals surface area contributed by atoms with E-state index in [-0.39, 0.29) is 11.8 Å². The summed E-state index contributed by atoms with van der Waals surface area (Å²) < 4.78 is 1.62. The van der Waals surface area contributed by atoms with Crippen LogP contribution in [0.5, 0.6) is 0 Å². The smallest absolute Gasteiger partial charge is 0.254 e. The number of carbonyl (C=O) groups excluding carboxylic acids is 2. The number of benzene rings is 2. The van der Waals surface area contributed by atoms with E-state index in [1.165, 1.54) is 11.1 Å². The number of fused-ring (bicyclic) bond motifs is 1. The molecular weight excluding hydrogens is 426 g/mol. The van der Waals surface area contributed by atoms with Gasteiger partial charge < -0.3 is 15.1 Å². The van der Waals surface area contributed by atoms with Crippen molar-refractivity contribution >= 4 is 17.5 Å². The predicted octanol–water partition coefficient (Wildman–Crippen LogP) is 3.27. The van der Waals surface area contributed by atoms with Crippen molar-refractivity contribution in [1.82, 2.24) is 20.0 Å². The van der Waals surface area contributed by atoms with Crippen LogP contribution in [0.3, 0.4) is 0 Å². The van der Waals surface area contributed by atoms with E-state index in [0.717, 1.165) is 56.7 Å². The summed E-state index contributed by atoms with van der Waals surface area (Å²) in [7, 11) is 1.80. The van der Waals surface area contributed by atoms with Crippen molar-refractivity contribution in [3.8, 4) is 0 Å². The molecule has 2 amide bonds. The zero-order valence-electron chi connectivity index (χ0n) is 19.6. The van der Waals surface area contributed by atoms with Gasteiger partial charge in [0.2, 0.25) is 0 Å². The lowest BCUT2D eigenvalue weighted by Gasteiger charge is -2.32. The van der Waals surface area contributed by atoms with Crippen molar-refractivity contribution in [2.24, 2.45) is 13.0 Å². The Balaban J connectivity index is 1.11. The third-order valence-electron chi connectivity index (χ3n) is 7.03. The van der Waals surface area contributed by atoms with E-state index in [1.807, 2.05) is 17.0 Å². The van der Waals surface area contributed by atoms with Crippen LogP contribution in [-0.2, 0) is 20.0 Å². The van der Waals surface area contributed by atoms with Crippen molar-refractivity contribution in [3.05, 3.63) is 83.2 Å². The number of rotatable bonds is 5. The number of piperidine rings is 1. The summed E-state index contributed by atoms with van der Waals surface area (Å²) in [4.78, 5) is 29.6. The van der Waals surface area contributed by atoms with Gasteiger partial charge in [-0.2, -0.15) is 5.10 Å². The Bertz CT molecular complexity index is 1160. The van der Waals surface area contributed by atoms with Gasteiger partial charge in [-0.15, -0.1) is 0 Å². The van der Waals surface area contributed by atoms with E-state index < -0.39 is 0 Å². The third kappa shape index (κ3) is 4.83. The van der Waals surface area contributed by atoms with Gasteiger partial charge >= 0.3 is 0 Å². The van der Waals surface area contributed by atoms with Crippen LogP contribution in [0.15, 0.2) is 60.9 Å². The molecule has 3 aromatic rings. The van der Waals surface area contributed by atoms with Crippen LogP contribution in [0.1, 0.15) is 44.7 Å². The number of nitrogens with one attached hydrogen (secondary N) is 1. The molecule has 0 bridgehead atoms. The number of aromatic nitrogens is 2. The summed E-state index contributed by atoms with van der Waals surface area (Å²) in [5.41, 5.74) is 5.30. The maximum absolute atomic E-state index is 13.0. The first kappa shape index (κ1) is 22.2. The standard InChI is InChI=1S/C27H31N5O2/c1-30-18-24(17-29-30)26(33)28-16-20-10-13-31(14-11-20)27(34)22-6-8-25(9-7-22)32-15-12-21-4-2-3-5-23(21)19-32/h2-9,17-18,20H,10-16,19H2,1H3,(H,28,33). The summed E-state index contributed by atoms with van der Waals surface area (Å²) in [6.07, 6.45) is 6.13. The first-order chi connectivity index (χ1) is 16.6. The quantitative estimate of drug-likeness (QED) is 0.639. The van der Waals surface area contributed by atoms with Crippen LogP contribution in [0.25, 0.3) is 0 Å². The first-order valence-corrected chi connectivity index (χ1v) is 12.0. The number of nitrogens with zero attached hydrogens (tertiary/aromatic N) is 4. The number of likely N-dealkylation sites (tertiary alicyclic amines) is 1. The van der Waals surface area contributed by atoms with Gasteiger partial charge in [-0.1, -0.05) is 24.3 Å². The summed E-state index contributed by atoms with van der Waals surface area (Å²) in [5.74, 6) is 0.381. The van der Waals surface area contributed by atoms with E-state index >= 15 is 0 Å². The molecule has 0 aliphatic carbocycles. The Hall–Kier alpha value is -3.61. The van der Waals surface area contributed by atoms with E-state index in [0.29, 0.717) is 18.0 Å². The average Bonchev–Trinajstić information content (AvgIpc) is 3.33. The Morgan fingerprint density at radius 2 is 1.71 bits per heavy atom. The minimum absolute atomic E-state index is 0.0911. The highest BCUT2D eigenvalue weighted by molar-refractivity contribution is 5.95. The van der Waals surface area contributed by atoms with Gasteiger partial charge in [-0.05, 0) is 60.6 Å². The minimum atomic E-state index is -0.0936. The molecule has 2 aliphatic rings. The number of hydrogen-bond donors (Lipinski definition) is 1. The topological polar surface area (TPSA) is 70.5 Å². The van der Waals surface area contributed by atoms with Crippen LogP contribution in [0, 0.1) is 5.92 Å². The lowest BCUT2D eigenvalue weighted by Crippen LogP contribution is -2.41. The summed E-state index contributed by atoms with van der Waals surface area (Å²) >= 11 is 0. The Morgan fingerprint density at radius 1 is 0.971 bits per heavy atom. The molecule has 7 heteroatoms. The molecule has 176 valence electrons. The molecule has 0 radical (unpaired) electrons. The lowest BCUT2D eigenvalue weighted by atomic mass is 9.96. The lowest BCUT2D eigenvalue weighted by molar-refractivity contribution is 0.0684. The van der Waals surface area contributed by atoms with E-state index in [4.69, 9.17) is 0 Å². The van der Waals surface area contributed by atoms with Crippen molar-refractivity contribution in [3.63, 3.8) is 0 Å². The Labute approximate surface area is 200 Å². The van der Waals surface area contributed by atoms with Gasteiger partial charge in [0, 0.05) is 57.2 Å². The molecule has 7 nitrogen and oxygen atoms in total. The zero-order chi connectivity index (χ0) is 23.5. The molecule has 0 atom stereocenters. The van der Waals surface area contributed by atoms with Gasteiger partial charge in [0.15, 0.2) is 0 Å². The summed E-state index contributed by atoms with van der Waals surface area (Å²) in [6, 6.07) is 16.7. The van der Waals surface area contributed by atoms with E-state index in [2.05, 4.69) is 51.7 Å². The maximum atomic E-state index is 13.0. The van der Waals surface area contributed by atoms with E-state index in [9.17, 15) is 9.59 Å². The molecule has 1 fully saturated rings. The van der Waals surface area contributed by atoms with Crippen molar-refractivity contribution < 1.29 is 9.59 Å². The fourth-order valence-corrected chi connectivity index (χ4v) is 4.93. The average molecular weight is 458 g/mol. The molecule has 1 aromatic heterocycles. The molecule has 3 heterocycles. The van der Waals surface area contributed by atoms with Crippen LogP contribution < -0.4 is 10.2 Å². The highest BCUT2D eigenvalue weighted by atomic mass is 16.2. The van der Waals surface area contributed by atoms with Gasteiger partial charge in [0.1, 0.15) is 0 Å². The van der Waals surface area contributed by atoms with Gasteiger partial charge in [0.25, 0.3) is 11.8 Å². The second kappa shape index (κ2) is 9.71. The maximum Gasteiger partial charge on any atom is 0.254 e. The fourth-order valence-electron chi connectivity index (χ4n) is 4.93. The van der Waals surface area contributed by atoms with Crippen molar-refractivity contribution in [1.29, 1.82) is 0 Å². The molecule has 5 rings (SSSR count). The first-order valence-electron chi connectivity index (χ1n) is 12.0. The van der Waals surface area contributed by atoms with Crippen molar-refractivity contribution in [2.45, 2.75) is 25.8 Å². The van der Waals surface area contributed by atoms with Gasteiger partial charge in [0.05, 0.1) is 11.8 Å². The van der Waals surface area contributed by atoms with Gasteiger partial charge in [-0.3, -0.25) is 14.3 Å². The van der Waals surface area contributed by atoms with Gasteiger partial charge in [-0.25, -0.2) is 0 Å². The zero-order valence-corrected chi connectivity index (χ0v) is 19.6. The predicted molar refractivity (Wildman–Crippen MR) is 132 cm³/mol. The largest absolute Gasteiger partial charge is 0.367 e. The molecule has 0 unspecified atom stereocenters. The highest BCUT2D eigenvalue weighted by Crippen LogP contribution is 2.25. The molecule has 0 saturated carbocycles. The number of hydrogen-bond acceptors (Lipinski definition) is 4. The second-order valence-corrected chi connectivity index (χ2v) is 9.34. The highest BCUT2D eigenvalue weighted by Gasteiger charge is 2.24. The number of carbonyl (C=O) groups is 2. The molecule has 1 N–H and O–H groups in total. The Morgan fingerprint density at radius 3 is 2.41 bits per heavy atom. The fraction of sp³-hybridized carbons (Fsp3) is 0.370. The SMILES string of the molecule is Cn1cc(C(=O)NCC2CCN(C(=O)c3ccc(N4CCc5ccccc5C4)cc3)CC2)cn1. The molecule has 2 aromatic carbocycles. The molecule has 1 saturated heterocycles. The Kier molecular flexibility index (Phi) is 6.34. The second-order valence-electron chi connectivity index (χ2n) is 9.34. The number of anilines is 1. The normalized spacial score (nSPS) is 16.3. The number of aryl methyl sites for hydroxylation is 1. The third-order valence-corrected chi connectivity index (χ3v) is 7.03. The molecular formula is C27H31N5O2. The summed E-state index contributed by atoms with van der Waals surface area (Å²) in [6.45, 7) is 3.97. The van der Waals surface area contributed by atoms with Crippen LogP contribution >= 0.6 is 0 Å². The summed E-state index contributed by atoms with van der Waals surface area (Å²) in [5, 5.41) is 7.04. The molecule has 2 aliphatic heterocycles. The minimum Gasteiger partial charge on any atom is -0.367 e. The van der Waals surface area contributed by atoms with Crippen molar-refractivity contribution in [2.75, 3.05) is 31.1 Å². The molecule has 34 heavy (non-hydrogen) atoms. The van der Waals surface area contributed by atoms with Crippen LogP contribution in [-0.4, -0.2) is 52.7 Å². The van der Waals surface area contributed by atoms with Crippen LogP contribution in [0.2, 0.25) is 0 Å².